The molecule has 0 aliphatic heterocycles. The van der Waals surface area contributed by atoms with Crippen molar-refractivity contribution in [1.82, 2.24) is 4.98 Å². The van der Waals surface area contributed by atoms with Crippen LogP contribution in [0.4, 0.5) is 5.69 Å². The van der Waals surface area contributed by atoms with E-state index in [0.29, 0.717) is 10.6 Å². The minimum absolute atomic E-state index is 0.118. The number of para-hydroxylation sites is 1. The molecule has 3 aromatic rings. The molecule has 0 saturated heterocycles. The van der Waals surface area contributed by atoms with Crippen LogP contribution in [-0.4, -0.2) is 16.3 Å². The monoisotopic (exact) mass is 270 g/mol. The Balaban J connectivity index is 2.03. The number of aromatic nitrogens is 1. The third-order valence-electron chi connectivity index (χ3n) is 2.88. The highest BCUT2D eigenvalue weighted by Crippen LogP contribution is 2.26. The van der Waals surface area contributed by atoms with Gasteiger partial charge in [-0.3, -0.25) is 4.99 Å². The third kappa shape index (κ3) is 2.33. The Kier molecular flexibility index (Phi) is 2.97. The lowest BCUT2D eigenvalue weighted by Crippen LogP contribution is -1.78. The van der Waals surface area contributed by atoms with Crippen LogP contribution >= 0.6 is 11.6 Å². The third-order valence-corrected chi connectivity index (χ3v) is 3.11. The number of aromatic amines is 1. The average molecular weight is 271 g/mol. The van der Waals surface area contributed by atoms with Crippen LogP contribution in [0.25, 0.3) is 10.9 Å². The summed E-state index contributed by atoms with van der Waals surface area (Å²) in [5, 5.41) is 11.5. The van der Waals surface area contributed by atoms with Gasteiger partial charge in [0, 0.05) is 22.1 Å². The van der Waals surface area contributed by atoms with Crippen molar-refractivity contribution in [3.05, 3.63) is 59.1 Å². The van der Waals surface area contributed by atoms with Crippen LogP contribution in [0.3, 0.4) is 0 Å². The molecule has 1 heterocycles. The highest BCUT2D eigenvalue weighted by Gasteiger charge is 2.07. The number of hydrogen-bond donors (Lipinski definition) is 2. The lowest BCUT2D eigenvalue weighted by Gasteiger charge is -1.95. The number of nitrogens with one attached hydrogen (secondary N) is 1. The normalized spacial score (nSPS) is 11.4. The maximum absolute atomic E-state index is 9.89. The summed E-state index contributed by atoms with van der Waals surface area (Å²) in [5.41, 5.74) is 2.31. The average Bonchev–Trinajstić information content (AvgIpc) is 2.72. The first-order valence-corrected chi connectivity index (χ1v) is 6.21. The van der Waals surface area contributed by atoms with E-state index >= 15 is 0 Å². The lowest BCUT2D eigenvalue weighted by molar-refractivity contribution is 0.457. The van der Waals surface area contributed by atoms with Gasteiger partial charge in [0.25, 0.3) is 0 Å². The molecule has 3 nitrogen and oxygen atoms in total. The second kappa shape index (κ2) is 4.78. The molecule has 4 heteroatoms. The SMILES string of the molecule is Oc1[nH]c2ccccc2c1C=Nc1cccc(Cl)c1. The minimum atomic E-state index is 0.118. The van der Waals surface area contributed by atoms with E-state index in [2.05, 4.69) is 9.98 Å². The van der Waals surface area contributed by atoms with Crippen LogP contribution in [0.2, 0.25) is 5.02 Å². The number of rotatable bonds is 2. The molecule has 0 atom stereocenters. The number of benzene rings is 2. The zero-order chi connectivity index (χ0) is 13.2. The Morgan fingerprint density at radius 3 is 2.79 bits per heavy atom. The molecular weight excluding hydrogens is 260 g/mol. The summed E-state index contributed by atoms with van der Waals surface area (Å²) in [7, 11) is 0. The largest absolute Gasteiger partial charge is 0.494 e. The maximum Gasteiger partial charge on any atom is 0.198 e. The van der Waals surface area contributed by atoms with E-state index in [-0.39, 0.29) is 5.88 Å². The van der Waals surface area contributed by atoms with Gasteiger partial charge < -0.3 is 10.1 Å². The molecule has 94 valence electrons. The van der Waals surface area contributed by atoms with E-state index < -0.39 is 0 Å². The molecule has 0 radical (unpaired) electrons. The van der Waals surface area contributed by atoms with Crippen molar-refractivity contribution >= 4 is 34.4 Å². The molecule has 0 aliphatic carbocycles. The summed E-state index contributed by atoms with van der Waals surface area (Å²) in [6.07, 6.45) is 1.64. The van der Waals surface area contributed by atoms with Gasteiger partial charge in [-0.25, -0.2) is 0 Å². The summed E-state index contributed by atoms with van der Waals surface area (Å²) in [6, 6.07) is 14.9. The topological polar surface area (TPSA) is 48.4 Å². The van der Waals surface area contributed by atoms with E-state index in [1.165, 1.54) is 0 Å². The van der Waals surface area contributed by atoms with Crippen LogP contribution < -0.4 is 0 Å². The Morgan fingerprint density at radius 2 is 1.95 bits per heavy atom. The number of H-pyrrole nitrogens is 1. The van der Waals surface area contributed by atoms with Gasteiger partial charge in [0.15, 0.2) is 5.88 Å². The van der Waals surface area contributed by atoms with Gasteiger partial charge in [-0.05, 0) is 24.3 Å². The van der Waals surface area contributed by atoms with Gasteiger partial charge in [-0.2, -0.15) is 0 Å². The van der Waals surface area contributed by atoms with Gasteiger partial charge in [0.05, 0.1) is 11.3 Å². The van der Waals surface area contributed by atoms with Crippen molar-refractivity contribution in [1.29, 1.82) is 0 Å². The number of nitrogens with zero attached hydrogens (tertiary/aromatic N) is 1. The van der Waals surface area contributed by atoms with Crippen molar-refractivity contribution in [2.45, 2.75) is 0 Å². The molecule has 0 saturated carbocycles. The van der Waals surface area contributed by atoms with E-state index in [4.69, 9.17) is 11.6 Å². The van der Waals surface area contributed by atoms with Crippen molar-refractivity contribution in [2.24, 2.45) is 4.99 Å². The van der Waals surface area contributed by atoms with Crippen molar-refractivity contribution in [3.8, 4) is 5.88 Å². The predicted octanol–water partition coefficient (Wildman–Crippen LogP) is 4.28. The highest BCUT2D eigenvalue weighted by atomic mass is 35.5. The summed E-state index contributed by atoms with van der Waals surface area (Å²) < 4.78 is 0. The van der Waals surface area contributed by atoms with Crippen LogP contribution in [-0.2, 0) is 0 Å². The molecule has 0 fully saturated rings. The Morgan fingerprint density at radius 1 is 1.11 bits per heavy atom. The number of fused-ring (bicyclic) bond motifs is 1. The summed E-state index contributed by atoms with van der Waals surface area (Å²) >= 11 is 5.90. The van der Waals surface area contributed by atoms with Crippen LogP contribution in [0.1, 0.15) is 5.56 Å². The van der Waals surface area contributed by atoms with Gasteiger partial charge in [0.1, 0.15) is 0 Å². The Hall–Kier alpha value is -2.26. The molecule has 0 spiro atoms. The van der Waals surface area contributed by atoms with E-state index in [1.807, 2.05) is 36.4 Å². The molecule has 0 amide bonds. The summed E-state index contributed by atoms with van der Waals surface area (Å²) in [5.74, 6) is 0.118. The highest BCUT2D eigenvalue weighted by molar-refractivity contribution is 6.30. The second-order valence-corrected chi connectivity index (χ2v) is 4.61. The maximum atomic E-state index is 9.89. The predicted molar refractivity (Wildman–Crippen MR) is 78.7 cm³/mol. The zero-order valence-corrected chi connectivity index (χ0v) is 10.7. The molecule has 0 aliphatic rings. The molecule has 19 heavy (non-hydrogen) atoms. The van der Waals surface area contributed by atoms with Gasteiger partial charge in [-0.1, -0.05) is 35.9 Å². The van der Waals surface area contributed by atoms with E-state index in [9.17, 15) is 5.11 Å². The minimum Gasteiger partial charge on any atom is -0.494 e. The first-order chi connectivity index (χ1) is 9.24. The van der Waals surface area contributed by atoms with Crippen molar-refractivity contribution < 1.29 is 5.11 Å². The number of aromatic hydroxyl groups is 1. The fourth-order valence-electron chi connectivity index (χ4n) is 1.98. The first-order valence-electron chi connectivity index (χ1n) is 5.83. The Labute approximate surface area is 115 Å². The molecule has 0 bridgehead atoms. The number of hydrogen-bond acceptors (Lipinski definition) is 2. The fourth-order valence-corrected chi connectivity index (χ4v) is 2.16. The molecule has 0 unspecified atom stereocenters. The second-order valence-electron chi connectivity index (χ2n) is 4.17. The lowest BCUT2D eigenvalue weighted by atomic mass is 10.2. The van der Waals surface area contributed by atoms with Crippen LogP contribution in [0.15, 0.2) is 53.5 Å². The molecule has 2 aromatic carbocycles. The Bertz CT molecular complexity index is 762. The molecule has 2 N–H and O–H groups in total. The molecule has 3 rings (SSSR count). The van der Waals surface area contributed by atoms with Crippen molar-refractivity contribution in [2.75, 3.05) is 0 Å². The summed E-state index contributed by atoms with van der Waals surface area (Å²) in [6.45, 7) is 0. The van der Waals surface area contributed by atoms with Gasteiger partial charge in [-0.15, -0.1) is 0 Å². The van der Waals surface area contributed by atoms with Crippen LogP contribution in [0.5, 0.6) is 5.88 Å². The molecular formula is C15H11ClN2O. The number of aliphatic imine (C=N–C) groups is 1. The van der Waals surface area contributed by atoms with Gasteiger partial charge >= 0.3 is 0 Å². The standard InChI is InChI=1S/C15H11ClN2O/c16-10-4-3-5-11(8-10)17-9-13-12-6-1-2-7-14(12)18-15(13)19/h1-9,18-19H. The molecule has 1 aromatic heterocycles. The fraction of sp³-hybridized carbons (Fsp3) is 0. The smallest absolute Gasteiger partial charge is 0.198 e. The zero-order valence-electron chi connectivity index (χ0n) is 9.97. The summed E-state index contributed by atoms with van der Waals surface area (Å²) in [4.78, 5) is 7.24. The number of halogens is 1. The quantitative estimate of drug-likeness (QED) is 0.671. The van der Waals surface area contributed by atoms with Crippen molar-refractivity contribution in [3.63, 3.8) is 0 Å². The first kappa shape index (κ1) is 11.8. The van der Waals surface area contributed by atoms with E-state index in [1.54, 1.807) is 18.3 Å². The van der Waals surface area contributed by atoms with Crippen LogP contribution in [0, 0.1) is 0 Å². The van der Waals surface area contributed by atoms with Gasteiger partial charge in [0.2, 0.25) is 0 Å². The van der Waals surface area contributed by atoms with E-state index in [0.717, 1.165) is 16.6 Å².